The number of anilines is 2. The van der Waals surface area contributed by atoms with Crippen molar-refractivity contribution >= 4 is 28.3 Å². The van der Waals surface area contributed by atoms with Crippen molar-refractivity contribution < 1.29 is 4.79 Å². The number of carbonyl (C=O) groups is 1. The van der Waals surface area contributed by atoms with Gasteiger partial charge in [-0.15, -0.1) is 21.5 Å². The van der Waals surface area contributed by atoms with E-state index in [2.05, 4.69) is 46.9 Å². The van der Waals surface area contributed by atoms with Gasteiger partial charge in [0.25, 0.3) is 5.91 Å². The fourth-order valence-electron chi connectivity index (χ4n) is 3.02. The number of likely N-dealkylation sites (tertiary alicyclic amines) is 1. The first-order valence-corrected chi connectivity index (χ1v) is 9.43. The summed E-state index contributed by atoms with van der Waals surface area (Å²) in [7, 11) is 0. The number of hydrogen-bond acceptors (Lipinski definition) is 10. The molecule has 1 unspecified atom stereocenters. The molecule has 1 aliphatic rings. The Bertz CT molecular complexity index is 995. The number of thiazole rings is 1. The number of carbonyl (C=O) groups excluding carboxylic acids is 1. The Hall–Kier alpha value is -3.43. The number of nitrogens with zero attached hydrogens (tertiary/aromatic N) is 8. The number of aromatic nitrogens is 6. The summed E-state index contributed by atoms with van der Waals surface area (Å²) in [5.41, 5.74) is 3.71. The van der Waals surface area contributed by atoms with Crippen LogP contribution in [0.2, 0.25) is 0 Å². The van der Waals surface area contributed by atoms with Crippen LogP contribution < -0.4 is 10.7 Å². The molecule has 12 heteroatoms. The summed E-state index contributed by atoms with van der Waals surface area (Å²) in [5.74, 6) is 0.0262. The Kier molecular flexibility index (Phi) is 5.18. The standard InChI is InChI=1S/C16H16N10OS/c17-4-7-25-6-1-2-13(25)11-3-5-18-15(21-11)23-16-22-12(8-28-16)14(27)24-26-9-19-20-10-26/h3,5,8-10,13H,1-2,6-7H2,(H,24,27)(H,18,21,22,23). The molecule has 0 spiro atoms. The molecule has 28 heavy (non-hydrogen) atoms. The summed E-state index contributed by atoms with van der Waals surface area (Å²) in [6.45, 7) is 1.27. The molecule has 3 aromatic heterocycles. The quantitative estimate of drug-likeness (QED) is 0.591. The molecule has 0 bridgehead atoms. The smallest absolute Gasteiger partial charge is 0.289 e. The molecule has 0 radical (unpaired) electrons. The highest BCUT2D eigenvalue weighted by atomic mass is 32.1. The summed E-state index contributed by atoms with van der Waals surface area (Å²) in [6, 6.07) is 4.19. The lowest BCUT2D eigenvalue weighted by atomic mass is 10.1. The van der Waals surface area contributed by atoms with Gasteiger partial charge in [-0.3, -0.25) is 15.1 Å². The minimum absolute atomic E-state index is 0.115. The zero-order chi connectivity index (χ0) is 19.3. The summed E-state index contributed by atoms with van der Waals surface area (Å²) in [4.78, 5) is 27.3. The van der Waals surface area contributed by atoms with Crippen LogP contribution in [-0.4, -0.2) is 53.7 Å². The van der Waals surface area contributed by atoms with Gasteiger partial charge in [0.1, 0.15) is 18.3 Å². The molecule has 3 aromatic rings. The molecular formula is C16H16N10OS. The third-order valence-electron chi connectivity index (χ3n) is 4.26. The SMILES string of the molecule is N#CCN1CCCC1c1ccnc(Nc2nc(C(=O)Nn3cnnc3)cs2)n1. The van der Waals surface area contributed by atoms with Crippen molar-refractivity contribution in [1.82, 2.24) is 34.7 Å². The number of nitrogens with one attached hydrogen (secondary N) is 2. The maximum atomic E-state index is 12.2. The summed E-state index contributed by atoms with van der Waals surface area (Å²) in [5, 5.41) is 21.4. The zero-order valence-corrected chi connectivity index (χ0v) is 15.5. The van der Waals surface area contributed by atoms with E-state index >= 15 is 0 Å². The first-order chi connectivity index (χ1) is 13.7. The minimum atomic E-state index is -0.378. The lowest BCUT2D eigenvalue weighted by Crippen LogP contribution is -2.24. The third-order valence-corrected chi connectivity index (χ3v) is 5.02. The molecule has 2 N–H and O–H groups in total. The third kappa shape index (κ3) is 3.95. The Morgan fingerprint density at radius 1 is 1.36 bits per heavy atom. The Labute approximate surface area is 164 Å². The number of nitriles is 1. The zero-order valence-electron chi connectivity index (χ0n) is 14.7. The second-order valence-corrected chi connectivity index (χ2v) is 6.92. The molecule has 4 rings (SSSR count). The monoisotopic (exact) mass is 396 g/mol. The van der Waals surface area contributed by atoms with Crippen molar-refractivity contribution in [1.29, 1.82) is 5.26 Å². The topological polar surface area (TPSA) is 138 Å². The number of amides is 1. The van der Waals surface area contributed by atoms with Crippen LogP contribution in [0.3, 0.4) is 0 Å². The van der Waals surface area contributed by atoms with E-state index in [1.807, 2.05) is 6.07 Å². The molecule has 0 saturated carbocycles. The molecular weight excluding hydrogens is 380 g/mol. The van der Waals surface area contributed by atoms with E-state index in [4.69, 9.17) is 5.26 Å². The van der Waals surface area contributed by atoms with E-state index in [1.54, 1.807) is 11.6 Å². The molecule has 1 fully saturated rings. The average molecular weight is 396 g/mol. The fourth-order valence-corrected chi connectivity index (χ4v) is 3.71. The highest BCUT2D eigenvalue weighted by Gasteiger charge is 2.27. The van der Waals surface area contributed by atoms with Crippen molar-refractivity contribution in [2.75, 3.05) is 23.8 Å². The van der Waals surface area contributed by atoms with Crippen LogP contribution in [-0.2, 0) is 0 Å². The predicted octanol–water partition coefficient (Wildman–Crippen LogP) is 1.31. The highest BCUT2D eigenvalue weighted by Crippen LogP contribution is 2.30. The van der Waals surface area contributed by atoms with Crippen molar-refractivity contribution in [3.8, 4) is 6.07 Å². The lowest BCUT2D eigenvalue weighted by molar-refractivity contribution is 0.100. The van der Waals surface area contributed by atoms with Crippen LogP contribution in [0.4, 0.5) is 11.1 Å². The number of hydrogen-bond donors (Lipinski definition) is 2. The van der Waals surface area contributed by atoms with Crippen LogP contribution in [0.25, 0.3) is 0 Å². The maximum absolute atomic E-state index is 12.2. The largest absolute Gasteiger partial charge is 0.300 e. The van der Waals surface area contributed by atoms with Gasteiger partial charge in [-0.1, -0.05) is 0 Å². The summed E-state index contributed by atoms with van der Waals surface area (Å²) < 4.78 is 1.34. The molecule has 0 aromatic carbocycles. The van der Waals surface area contributed by atoms with E-state index in [9.17, 15) is 4.79 Å². The molecule has 142 valence electrons. The summed E-state index contributed by atoms with van der Waals surface area (Å²) >= 11 is 1.28. The number of rotatable bonds is 6. The maximum Gasteiger partial charge on any atom is 0.289 e. The van der Waals surface area contributed by atoms with Crippen molar-refractivity contribution in [3.05, 3.63) is 41.7 Å². The van der Waals surface area contributed by atoms with E-state index in [1.165, 1.54) is 28.7 Å². The van der Waals surface area contributed by atoms with Crippen LogP contribution in [0, 0.1) is 11.3 Å². The Morgan fingerprint density at radius 3 is 3.04 bits per heavy atom. The van der Waals surface area contributed by atoms with Gasteiger partial charge in [0, 0.05) is 11.6 Å². The molecule has 1 saturated heterocycles. The van der Waals surface area contributed by atoms with E-state index in [-0.39, 0.29) is 17.6 Å². The van der Waals surface area contributed by atoms with E-state index in [0.29, 0.717) is 17.6 Å². The average Bonchev–Trinajstić information content (AvgIpc) is 3.44. The van der Waals surface area contributed by atoms with Gasteiger partial charge in [-0.2, -0.15) is 5.26 Å². The predicted molar refractivity (Wildman–Crippen MR) is 100 cm³/mol. The van der Waals surface area contributed by atoms with Gasteiger partial charge in [-0.05, 0) is 25.5 Å². The van der Waals surface area contributed by atoms with Gasteiger partial charge in [0.05, 0.1) is 24.3 Å². The molecule has 11 nitrogen and oxygen atoms in total. The van der Waals surface area contributed by atoms with E-state index < -0.39 is 0 Å². The minimum Gasteiger partial charge on any atom is -0.300 e. The Balaban J connectivity index is 1.44. The van der Waals surface area contributed by atoms with Gasteiger partial charge < -0.3 is 5.32 Å². The van der Waals surface area contributed by atoms with Crippen LogP contribution >= 0.6 is 11.3 Å². The molecule has 1 aliphatic heterocycles. The highest BCUT2D eigenvalue weighted by molar-refractivity contribution is 7.14. The van der Waals surface area contributed by atoms with E-state index in [0.717, 1.165) is 25.1 Å². The molecule has 1 atom stereocenters. The molecule has 0 aliphatic carbocycles. The molecule has 1 amide bonds. The molecule has 4 heterocycles. The van der Waals surface area contributed by atoms with Gasteiger partial charge in [-0.25, -0.2) is 19.6 Å². The van der Waals surface area contributed by atoms with Gasteiger partial charge in [0.2, 0.25) is 5.95 Å². The lowest BCUT2D eigenvalue weighted by Gasteiger charge is -2.21. The van der Waals surface area contributed by atoms with Gasteiger partial charge >= 0.3 is 0 Å². The van der Waals surface area contributed by atoms with Crippen molar-refractivity contribution in [3.63, 3.8) is 0 Å². The second-order valence-electron chi connectivity index (χ2n) is 6.06. The first-order valence-electron chi connectivity index (χ1n) is 8.55. The van der Waals surface area contributed by atoms with Crippen molar-refractivity contribution in [2.45, 2.75) is 18.9 Å². The fraction of sp³-hybridized carbons (Fsp3) is 0.312. The Morgan fingerprint density at radius 2 is 2.21 bits per heavy atom. The second kappa shape index (κ2) is 8.07. The van der Waals surface area contributed by atoms with Crippen molar-refractivity contribution in [2.24, 2.45) is 0 Å². The summed E-state index contributed by atoms with van der Waals surface area (Å²) in [6.07, 6.45) is 6.43. The van der Waals surface area contributed by atoms with Crippen LogP contribution in [0.5, 0.6) is 0 Å². The first kappa shape index (κ1) is 18.0. The normalized spacial score (nSPS) is 16.6. The van der Waals surface area contributed by atoms with Gasteiger partial charge in [0.15, 0.2) is 5.13 Å². The van der Waals surface area contributed by atoms with Crippen LogP contribution in [0.15, 0.2) is 30.3 Å². The van der Waals surface area contributed by atoms with Crippen LogP contribution in [0.1, 0.15) is 35.1 Å².